The molecule has 0 spiro atoms. The second-order valence-corrected chi connectivity index (χ2v) is 5.40. The fraction of sp³-hybridized carbons (Fsp3) is 0.500. The number of amides is 2. The summed E-state index contributed by atoms with van der Waals surface area (Å²) in [7, 11) is 3.96. The highest BCUT2D eigenvalue weighted by Gasteiger charge is 2.13. The highest BCUT2D eigenvalue weighted by atomic mass is 19.1. The maximum atomic E-state index is 12.9. The number of benzene rings is 1. The van der Waals surface area contributed by atoms with E-state index >= 15 is 0 Å². The predicted molar refractivity (Wildman–Crippen MR) is 85.2 cm³/mol. The van der Waals surface area contributed by atoms with E-state index in [1.54, 1.807) is 0 Å². The van der Waals surface area contributed by atoms with Gasteiger partial charge in [-0.3, -0.25) is 9.59 Å². The third-order valence-corrected chi connectivity index (χ3v) is 3.19. The summed E-state index contributed by atoms with van der Waals surface area (Å²) in [5.74, 6) is -0.620. The number of hydrogen-bond donors (Lipinski definition) is 1. The summed E-state index contributed by atoms with van der Waals surface area (Å²) < 4.78 is 12.9. The summed E-state index contributed by atoms with van der Waals surface area (Å²) >= 11 is 0. The van der Waals surface area contributed by atoms with Gasteiger partial charge in [-0.05, 0) is 51.3 Å². The first-order valence-corrected chi connectivity index (χ1v) is 7.35. The van der Waals surface area contributed by atoms with Gasteiger partial charge in [0, 0.05) is 32.1 Å². The molecule has 0 aliphatic carbocycles. The lowest BCUT2D eigenvalue weighted by Gasteiger charge is -2.21. The van der Waals surface area contributed by atoms with Crippen molar-refractivity contribution in [1.82, 2.24) is 10.2 Å². The molecule has 22 heavy (non-hydrogen) atoms. The molecule has 1 rings (SSSR count). The van der Waals surface area contributed by atoms with Crippen molar-refractivity contribution in [3.8, 4) is 0 Å². The van der Waals surface area contributed by atoms with Crippen molar-refractivity contribution in [2.75, 3.05) is 38.6 Å². The molecule has 0 fully saturated rings. The van der Waals surface area contributed by atoms with E-state index in [4.69, 9.17) is 0 Å². The summed E-state index contributed by atoms with van der Waals surface area (Å²) in [5.41, 5.74) is 0.592. The molecule has 1 aromatic rings. The number of nitrogens with one attached hydrogen (secondary N) is 1. The largest absolute Gasteiger partial charge is 0.356 e. The molecular weight excluding hydrogens is 285 g/mol. The molecule has 0 saturated heterocycles. The molecule has 0 aliphatic rings. The molecule has 0 heterocycles. The van der Waals surface area contributed by atoms with E-state index in [2.05, 4.69) is 10.2 Å². The van der Waals surface area contributed by atoms with E-state index in [0.717, 1.165) is 13.0 Å². The van der Waals surface area contributed by atoms with Crippen LogP contribution >= 0.6 is 0 Å². The standard InChI is InChI=1S/C16H24FN3O2/c1-13(21)20(15-7-5-14(17)6-8-15)12-9-16(22)18-10-4-11-19(2)3/h5-8H,4,9-12H2,1-3H3,(H,18,22). The van der Waals surface area contributed by atoms with Gasteiger partial charge in [0.2, 0.25) is 11.8 Å². The van der Waals surface area contributed by atoms with Gasteiger partial charge in [0.05, 0.1) is 0 Å². The van der Waals surface area contributed by atoms with E-state index in [0.29, 0.717) is 12.2 Å². The Labute approximate surface area is 131 Å². The number of hydrogen-bond acceptors (Lipinski definition) is 3. The molecule has 0 bridgehead atoms. The second kappa shape index (κ2) is 9.15. The number of halogens is 1. The van der Waals surface area contributed by atoms with Crippen molar-refractivity contribution in [2.45, 2.75) is 19.8 Å². The Morgan fingerprint density at radius 2 is 1.77 bits per heavy atom. The second-order valence-electron chi connectivity index (χ2n) is 5.40. The van der Waals surface area contributed by atoms with Crippen molar-refractivity contribution in [3.63, 3.8) is 0 Å². The molecule has 0 atom stereocenters. The van der Waals surface area contributed by atoms with Crippen molar-refractivity contribution in [3.05, 3.63) is 30.1 Å². The topological polar surface area (TPSA) is 52.7 Å². The van der Waals surface area contributed by atoms with Crippen LogP contribution in [0.3, 0.4) is 0 Å². The summed E-state index contributed by atoms with van der Waals surface area (Å²) in [5, 5.41) is 2.83. The molecule has 122 valence electrons. The van der Waals surface area contributed by atoms with Crippen LogP contribution in [0.4, 0.5) is 10.1 Å². The van der Waals surface area contributed by atoms with E-state index in [1.165, 1.54) is 36.1 Å². The number of carbonyl (C=O) groups is 2. The lowest BCUT2D eigenvalue weighted by atomic mass is 10.2. The van der Waals surface area contributed by atoms with E-state index in [9.17, 15) is 14.0 Å². The lowest BCUT2D eigenvalue weighted by Crippen LogP contribution is -2.34. The highest BCUT2D eigenvalue weighted by Crippen LogP contribution is 2.15. The van der Waals surface area contributed by atoms with Gasteiger partial charge in [0.15, 0.2) is 0 Å². The number of anilines is 1. The van der Waals surface area contributed by atoms with Crippen LogP contribution in [0.25, 0.3) is 0 Å². The highest BCUT2D eigenvalue weighted by molar-refractivity contribution is 5.92. The first-order valence-electron chi connectivity index (χ1n) is 7.35. The number of carbonyl (C=O) groups excluding carboxylic acids is 2. The minimum atomic E-state index is -0.356. The van der Waals surface area contributed by atoms with Gasteiger partial charge in [-0.25, -0.2) is 4.39 Å². The van der Waals surface area contributed by atoms with E-state index < -0.39 is 0 Å². The average molecular weight is 309 g/mol. The zero-order valence-corrected chi connectivity index (χ0v) is 13.4. The lowest BCUT2D eigenvalue weighted by molar-refractivity contribution is -0.121. The Morgan fingerprint density at radius 3 is 2.32 bits per heavy atom. The SMILES string of the molecule is CC(=O)N(CCC(=O)NCCCN(C)C)c1ccc(F)cc1. The predicted octanol–water partition coefficient (Wildman–Crippen LogP) is 1.64. The average Bonchev–Trinajstić information content (AvgIpc) is 2.45. The molecule has 0 saturated carbocycles. The minimum Gasteiger partial charge on any atom is -0.356 e. The quantitative estimate of drug-likeness (QED) is 0.743. The van der Waals surface area contributed by atoms with Gasteiger partial charge in [-0.2, -0.15) is 0 Å². The van der Waals surface area contributed by atoms with Gasteiger partial charge in [-0.1, -0.05) is 0 Å². The molecule has 0 aliphatic heterocycles. The van der Waals surface area contributed by atoms with Gasteiger partial charge in [-0.15, -0.1) is 0 Å². The summed E-state index contributed by atoms with van der Waals surface area (Å²) in [6.45, 7) is 3.24. The Bertz CT molecular complexity index is 489. The van der Waals surface area contributed by atoms with Crippen LogP contribution in [0.15, 0.2) is 24.3 Å². The van der Waals surface area contributed by atoms with Crippen LogP contribution in [-0.2, 0) is 9.59 Å². The molecule has 5 nitrogen and oxygen atoms in total. The van der Waals surface area contributed by atoms with E-state index in [1.807, 2.05) is 14.1 Å². The molecule has 0 unspecified atom stereocenters. The molecular formula is C16H24FN3O2. The maximum Gasteiger partial charge on any atom is 0.223 e. The third kappa shape index (κ3) is 6.67. The van der Waals surface area contributed by atoms with Crippen LogP contribution in [0.2, 0.25) is 0 Å². The molecule has 0 radical (unpaired) electrons. The molecule has 0 aromatic heterocycles. The Morgan fingerprint density at radius 1 is 1.14 bits per heavy atom. The molecule has 1 aromatic carbocycles. The van der Waals surface area contributed by atoms with Crippen molar-refractivity contribution >= 4 is 17.5 Å². The van der Waals surface area contributed by atoms with Gasteiger partial charge in [0.1, 0.15) is 5.82 Å². The van der Waals surface area contributed by atoms with Gasteiger partial charge >= 0.3 is 0 Å². The van der Waals surface area contributed by atoms with Crippen molar-refractivity contribution in [2.24, 2.45) is 0 Å². The van der Waals surface area contributed by atoms with Crippen molar-refractivity contribution in [1.29, 1.82) is 0 Å². The monoisotopic (exact) mass is 309 g/mol. The van der Waals surface area contributed by atoms with E-state index in [-0.39, 0.29) is 30.6 Å². The summed E-state index contributed by atoms with van der Waals surface area (Å²) in [4.78, 5) is 27.0. The Kier molecular flexibility index (Phi) is 7.52. The van der Waals surface area contributed by atoms with Crippen LogP contribution in [-0.4, -0.2) is 50.4 Å². The van der Waals surface area contributed by atoms with Crippen LogP contribution < -0.4 is 10.2 Å². The number of nitrogens with zero attached hydrogens (tertiary/aromatic N) is 2. The minimum absolute atomic E-state index is 0.0906. The molecule has 1 N–H and O–H groups in total. The zero-order chi connectivity index (χ0) is 16.5. The smallest absolute Gasteiger partial charge is 0.223 e. The summed E-state index contributed by atoms with van der Waals surface area (Å²) in [6.07, 6.45) is 1.10. The van der Waals surface area contributed by atoms with Crippen LogP contribution in [0, 0.1) is 5.82 Å². The Balaban J connectivity index is 2.43. The first-order chi connectivity index (χ1) is 10.4. The van der Waals surface area contributed by atoms with Crippen LogP contribution in [0.5, 0.6) is 0 Å². The zero-order valence-electron chi connectivity index (χ0n) is 13.4. The fourth-order valence-corrected chi connectivity index (χ4v) is 2.01. The number of rotatable bonds is 8. The normalized spacial score (nSPS) is 10.6. The third-order valence-electron chi connectivity index (χ3n) is 3.19. The molecule has 6 heteroatoms. The fourth-order valence-electron chi connectivity index (χ4n) is 2.01. The van der Waals surface area contributed by atoms with Crippen molar-refractivity contribution < 1.29 is 14.0 Å². The van der Waals surface area contributed by atoms with Gasteiger partial charge < -0.3 is 15.1 Å². The van der Waals surface area contributed by atoms with Gasteiger partial charge in [0.25, 0.3) is 0 Å². The maximum absolute atomic E-state index is 12.9. The Hall–Kier alpha value is -1.95. The first kappa shape index (κ1) is 18.1. The van der Waals surface area contributed by atoms with Crippen LogP contribution in [0.1, 0.15) is 19.8 Å². The molecule has 2 amide bonds. The summed E-state index contributed by atoms with van der Waals surface area (Å²) in [6, 6.07) is 5.66.